The van der Waals surface area contributed by atoms with Gasteiger partial charge < -0.3 is 11.1 Å². The van der Waals surface area contributed by atoms with Crippen LogP contribution in [0, 0.1) is 0 Å². The van der Waals surface area contributed by atoms with E-state index in [0.717, 1.165) is 12.8 Å². The van der Waals surface area contributed by atoms with Gasteiger partial charge in [-0.25, -0.2) is 0 Å². The smallest absolute Gasteiger partial charge is 0.0144 e. The Morgan fingerprint density at radius 3 is 2.33 bits per heavy atom. The van der Waals surface area contributed by atoms with E-state index in [1.54, 1.807) is 0 Å². The summed E-state index contributed by atoms with van der Waals surface area (Å²) >= 11 is 0. The third-order valence-corrected chi connectivity index (χ3v) is 2.59. The molecule has 0 saturated carbocycles. The zero-order valence-electron chi connectivity index (χ0n) is 8.78. The SMILES string of the molecule is CC1(C)CCC(N)CC(C)(C)N1. The summed E-state index contributed by atoms with van der Waals surface area (Å²) in [5, 5.41) is 3.64. The van der Waals surface area contributed by atoms with Gasteiger partial charge in [-0.2, -0.15) is 0 Å². The van der Waals surface area contributed by atoms with Gasteiger partial charge in [-0.05, 0) is 47.0 Å². The van der Waals surface area contributed by atoms with Gasteiger partial charge in [0.1, 0.15) is 0 Å². The highest BCUT2D eigenvalue weighted by atomic mass is 15.0. The second kappa shape index (κ2) is 3.00. The second-order valence-electron chi connectivity index (χ2n) is 5.40. The maximum Gasteiger partial charge on any atom is 0.0144 e. The molecule has 0 aliphatic carbocycles. The molecule has 1 unspecified atom stereocenters. The van der Waals surface area contributed by atoms with Crippen LogP contribution < -0.4 is 11.1 Å². The summed E-state index contributed by atoms with van der Waals surface area (Å²) in [5.74, 6) is 0. The van der Waals surface area contributed by atoms with E-state index in [9.17, 15) is 0 Å². The highest BCUT2D eigenvalue weighted by Crippen LogP contribution is 2.25. The molecule has 1 aliphatic rings. The summed E-state index contributed by atoms with van der Waals surface area (Å²) in [5.41, 5.74) is 6.43. The summed E-state index contributed by atoms with van der Waals surface area (Å²) in [6.07, 6.45) is 3.40. The third kappa shape index (κ3) is 2.76. The third-order valence-electron chi connectivity index (χ3n) is 2.59. The maximum atomic E-state index is 5.99. The van der Waals surface area contributed by atoms with Crippen LogP contribution >= 0.6 is 0 Å². The van der Waals surface area contributed by atoms with Gasteiger partial charge in [0, 0.05) is 17.1 Å². The molecule has 0 radical (unpaired) electrons. The maximum absolute atomic E-state index is 5.99. The fourth-order valence-corrected chi connectivity index (χ4v) is 2.33. The first-order valence-electron chi connectivity index (χ1n) is 4.86. The topological polar surface area (TPSA) is 38.0 Å². The second-order valence-corrected chi connectivity index (χ2v) is 5.40. The van der Waals surface area contributed by atoms with Gasteiger partial charge in [-0.15, -0.1) is 0 Å². The molecule has 3 N–H and O–H groups in total. The molecule has 2 nitrogen and oxygen atoms in total. The highest BCUT2D eigenvalue weighted by molar-refractivity contribution is 4.94. The van der Waals surface area contributed by atoms with Crippen LogP contribution in [0.4, 0.5) is 0 Å². The monoisotopic (exact) mass is 170 g/mol. The first-order chi connectivity index (χ1) is 5.31. The normalized spacial score (nSPS) is 34.2. The Bertz CT molecular complexity index is 161. The Labute approximate surface area is 75.9 Å². The summed E-state index contributed by atoms with van der Waals surface area (Å²) in [6.45, 7) is 8.99. The van der Waals surface area contributed by atoms with Crippen LogP contribution in [0.2, 0.25) is 0 Å². The predicted molar refractivity (Wildman–Crippen MR) is 53.1 cm³/mol. The zero-order valence-corrected chi connectivity index (χ0v) is 8.78. The molecule has 1 fully saturated rings. The minimum absolute atomic E-state index is 0.194. The van der Waals surface area contributed by atoms with Gasteiger partial charge in [0.15, 0.2) is 0 Å². The van der Waals surface area contributed by atoms with Crippen LogP contribution in [0.1, 0.15) is 47.0 Å². The molecule has 0 aromatic heterocycles. The van der Waals surface area contributed by atoms with Gasteiger partial charge >= 0.3 is 0 Å². The van der Waals surface area contributed by atoms with Crippen molar-refractivity contribution in [3.63, 3.8) is 0 Å². The lowest BCUT2D eigenvalue weighted by atomic mass is 9.95. The first-order valence-corrected chi connectivity index (χ1v) is 4.86. The standard InChI is InChI=1S/C10H22N2/c1-9(2)6-5-8(11)7-10(3,4)12-9/h8,12H,5-7,11H2,1-4H3. The van der Waals surface area contributed by atoms with Crippen molar-refractivity contribution in [3.05, 3.63) is 0 Å². The molecule has 1 heterocycles. The van der Waals surface area contributed by atoms with Crippen molar-refractivity contribution in [1.82, 2.24) is 5.32 Å². The van der Waals surface area contributed by atoms with Crippen molar-refractivity contribution in [3.8, 4) is 0 Å². The van der Waals surface area contributed by atoms with Crippen LogP contribution in [0.3, 0.4) is 0 Å². The van der Waals surface area contributed by atoms with E-state index in [1.807, 2.05) is 0 Å². The lowest BCUT2D eigenvalue weighted by molar-refractivity contribution is 0.267. The van der Waals surface area contributed by atoms with Crippen molar-refractivity contribution in [2.45, 2.75) is 64.1 Å². The van der Waals surface area contributed by atoms with Crippen LogP contribution in [0.25, 0.3) is 0 Å². The Hall–Kier alpha value is -0.0800. The molecule has 0 amide bonds. The van der Waals surface area contributed by atoms with Crippen molar-refractivity contribution < 1.29 is 0 Å². The van der Waals surface area contributed by atoms with E-state index in [0.29, 0.717) is 6.04 Å². The summed E-state index contributed by atoms with van der Waals surface area (Å²) in [6, 6.07) is 0.370. The molecule has 0 bridgehead atoms. The van der Waals surface area contributed by atoms with E-state index in [-0.39, 0.29) is 11.1 Å². The molecule has 0 spiro atoms. The van der Waals surface area contributed by atoms with Crippen LogP contribution in [-0.2, 0) is 0 Å². The minimum Gasteiger partial charge on any atom is -0.328 e. The predicted octanol–water partition coefficient (Wildman–Crippen LogP) is 1.64. The van der Waals surface area contributed by atoms with Gasteiger partial charge in [0.2, 0.25) is 0 Å². The molecular weight excluding hydrogens is 148 g/mol. The van der Waals surface area contributed by atoms with Crippen LogP contribution in [0.5, 0.6) is 0 Å². The molecule has 1 rings (SSSR count). The van der Waals surface area contributed by atoms with Gasteiger partial charge in [-0.1, -0.05) is 0 Å². The Morgan fingerprint density at radius 2 is 1.75 bits per heavy atom. The van der Waals surface area contributed by atoms with E-state index in [4.69, 9.17) is 5.73 Å². The Balaban J connectivity index is 2.69. The molecule has 1 aliphatic heterocycles. The number of hydrogen-bond acceptors (Lipinski definition) is 2. The highest BCUT2D eigenvalue weighted by Gasteiger charge is 2.32. The van der Waals surface area contributed by atoms with Gasteiger partial charge in [0.05, 0.1) is 0 Å². The number of nitrogens with two attached hydrogens (primary N) is 1. The molecule has 12 heavy (non-hydrogen) atoms. The van der Waals surface area contributed by atoms with Gasteiger partial charge in [-0.3, -0.25) is 0 Å². The lowest BCUT2D eigenvalue weighted by Crippen LogP contribution is -2.51. The molecule has 1 atom stereocenters. The molecule has 1 saturated heterocycles. The first kappa shape index (κ1) is 10.0. The van der Waals surface area contributed by atoms with Crippen molar-refractivity contribution in [1.29, 1.82) is 0 Å². The molecule has 2 heteroatoms. The lowest BCUT2D eigenvalue weighted by Gasteiger charge is -2.34. The average molecular weight is 170 g/mol. The molecular formula is C10H22N2. The van der Waals surface area contributed by atoms with Gasteiger partial charge in [0.25, 0.3) is 0 Å². The zero-order chi connectivity index (χ0) is 9.41. The summed E-state index contributed by atoms with van der Waals surface area (Å²) < 4.78 is 0. The molecule has 0 aromatic rings. The van der Waals surface area contributed by atoms with Crippen LogP contribution in [0.15, 0.2) is 0 Å². The van der Waals surface area contributed by atoms with Crippen LogP contribution in [-0.4, -0.2) is 17.1 Å². The van der Waals surface area contributed by atoms with E-state index in [2.05, 4.69) is 33.0 Å². The number of rotatable bonds is 0. The largest absolute Gasteiger partial charge is 0.328 e. The van der Waals surface area contributed by atoms with E-state index < -0.39 is 0 Å². The fourth-order valence-electron chi connectivity index (χ4n) is 2.33. The molecule has 72 valence electrons. The van der Waals surface area contributed by atoms with Crippen molar-refractivity contribution in [2.75, 3.05) is 0 Å². The number of nitrogens with one attached hydrogen (secondary N) is 1. The quantitative estimate of drug-likeness (QED) is 0.580. The summed E-state index contributed by atoms with van der Waals surface area (Å²) in [7, 11) is 0. The van der Waals surface area contributed by atoms with E-state index >= 15 is 0 Å². The van der Waals surface area contributed by atoms with E-state index in [1.165, 1.54) is 6.42 Å². The average Bonchev–Trinajstić information content (AvgIpc) is 1.86. The Kier molecular flexibility index (Phi) is 2.50. The van der Waals surface area contributed by atoms with Crippen molar-refractivity contribution >= 4 is 0 Å². The number of hydrogen-bond donors (Lipinski definition) is 2. The summed E-state index contributed by atoms with van der Waals surface area (Å²) in [4.78, 5) is 0. The molecule has 0 aromatic carbocycles. The van der Waals surface area contributed by atoms with Crippen molar-refractivity contribution in [2.24, 2.45) is 5.73 Å². The Morgan fingerprint density at radius 1 is 1.17 bits per heavy atom. The fraction of sp³-hybridized carbons (Fsp3) is 1.00. The minimum atomic E-state index is 0.194.